The van der Waals surface area contributed by atoms with Gasteiger partial charge in [0.1, 0.15) is 18.5 Å². The smallest absolute Gasteiger partial charge is 0.411 e. The SMILES string of the molecule is COc1ccc(-c2ccnn2CCOC(=O)Nc2ccc(F)cc2)cc1OC1CCOC1. The molecule has 0 aliphatic carbocycles. The molecule has 32 heavy (non-hydrogen) atoms. The highest BCUT2D eigenvalue weighted by Gasteiger charge is 2.20. The van der Waals surface area contributed by atoms with E-state index in [0.717, 1.165) is 17.7 Å². The maximum Gasteiger partial charge on any atom is 0.411 e. The van der Waals surface area contributed by atoms with Crippen LogP contribution in [0.2, 0.25) is 0 Å². The Balaban J connectivity index is 1.38. The molecule has 8 nitrogen and oxygen atoms in total. The summed E-state index contributed by atoms with van der Waals surface area (Å²) in [5, 5.41) is 6.88. The van der Waals surface area contributed by atoms with E-state index in [2.05, 4.69) is 10.4 Å². The molecule has 1 aromatic heterocycles. The van der Waals surface area contributed by atoms with Crippen molar-refractivity contribution in [1.29, 1.82) is 0 Å². The predicted molar refractivity (Wildman–Crippen MR) is 115 cm³/mol. The highest BCUT2D eigenvalue weighted by molar-refractivity contribution is 5.84. The number of halogens is 1. The monoisotopic (exact) mass is 441 g/mol. The molecule has 1 aliphatic heterocycles. The Labute approximate surface area is 184 Å². The number of nitrogens with one attached hydrogen (secondary N) is 1. The van der Waals surface area contributed by atoms with Crippen LogP contribution in [0.15, 0.2) is 54.7 Å². The Hall–Kier alpha value is -3.59. The third-order valence-corrected chi connectivity index (χ3v) is 4.98. The van der Waals surface area contributed by atoms with Gasteiger partial charge in [-0.25, -0.2) is 9.18 Å². The van der Waals surface area contributed by atoms with E-state index in [4.69, 9.17) is 18.9 Å². The van der Waals surface area contributed by atoms with Crippen LogP contribution in [0.1, 0.15) is 6.42 Å². The second-order valence-electron chi connectivity index (χ2n) is 7.18. The number of anilines is 1. The van der Waals surface area contributed by atoms with Gasteiger partial charge in [-0.2, -0.15) is 5.10 Å². The molecule has 9 heteroatoms. The van der Waals surface area contributed by atoms with Crippen molar-refractivity contribution >= 4 is 11.8 Å². The molecule has 0 spiro atoms. The summed E-state index contributed by atoms with van der Waals surface area (Å²) in [4.78, 5) is 12.0. The zero-order valence-electron chi connectivity index (χ0n) is 17.6. The minimum atomic E-state index is -0.621. The highest BCUT2D eigenvalue weighted by atomic mass is 19.1. The molecule has 1 unspecified atom stereocenters. The molecule has 2 aromatic carbocycles. The first kappa shape index (κ1) is 21.6. The van der Waals surface area contributed by atoms with Gasteiger partial charge in [-0.05, 0) is 48.5 Å². The molecule has 4 rings (SSSR count). The summed E-state index contributed by atoms with van der Waals surface area (Å²) in [5.41, 5.74) is 2.20. The molecule has 1 N–H and O–H groups in total. The minimum absolute atomic E-state index is 0.00270. The topological polar surface area (TPSA) is 83.8 Å². The Kier molecular flexibility index (Phi) is 6.86. The van der Waals surface area contributed by atoms with E-state index in [1.54, 1.807) is 18.0 Å². The molecule has 168 valence electrons. The molecule has 1 amide bonds. The number of carbonyl (C=O) groups is 1. The molecule has 0 bridgehead atoms. The van der Waals surface area contributed by atoms with Crippen LogP contribution in [0.5, 0.6) is 11.5 Å². The van der Waals surface area contributed by atoms with E-state index in [0.29, 0.717) is 36.9 Å². The molecule has 1 saturated heterocycles. The lowest BCUT2D eigenvalue weighted by Gasteiger charge is -2.16. The van der Waals surface area contributed by atoms with Gasteiger partial charge >= 0.3 is 6.09 Å². The number of hydrogen-bond donors (Lipinski definition) is 1. The lowest BCUT2D eigenvalue weighted by atomic mass is 10.1. The Bertz CT molecular complexity index is 1050. The molecular weight excluding hydrogens is 417 g/mol. The highest BCUT2D eigenvalue weighted by Crippen LogP contribution is 2.34. The van der Waals surface area contributed by atoms with Crippen molar-refractivity contribution in [1.82, 2.24) is 9.78 Å². The third kappa shape index (κ3) is 5.36. The number of hydrogen-bond acceptors (Lipinski definition) is 6. The van der Waals surface area contributed by atoms with Gasteiger partial charge in [-0.15, -0.1) is 0 Å². The maximum atomic E-state index is 13.0. The fourth-order valence-electron chi connectivity index (χ4n) is 3.38. The number of carbonyl (C=O) groups excluding carboxylic acids is 1. The standard InChI is InChI=1S/C23H24FN3O5/c1-29-21-7-2-16(14-22(21)32-19-9-12-30-15-19)20-8-10-25-27(20)11-13-31-23(28)26-18-5-3-17(24)4-6-18/h2-8,10,14,19H,9,11-13,15H2,1H3,(H,26,28). The fraction of sp³-hybridized carbons (Fsp3) is 0.304. The Morgan fingerprint density at radius 3 is 2.81 bits per heavy atom. The van der Waals surface area contributed by atoms with E-state index in [1.807, 2.05) is 24.3 Å². The average Bonchev–Trinajstić information content (AvgIpc) is 3.47. The van der Waals surface area contributed by atoms with E-state index in [-0.39, 0.29) is 18.5 Å². The van der Waals surface area contributed by atoms with Crippen molar-refractivity contribution < 1.29 is 28.1 Å². The molecule has 2 heterocycles. The lowest BCUT2D eigenvalue weighted by Crippen LogP contribution is -2.18. The van der Waals surface area contributed by atoms with E-state index in [1.165, 1.54) is 24.3 Å². The Morgan fingerprint density at radius 1 is 1.22 bits per heavy atom. The average molecular weight is 441 g/mol. The van der Waals surface area contributed by atoms with Crippen molar-refractivity contribution in [3.8, 4) is 22.8 Å². The van der Waals surface area contributed by atoms with Gasteiger partial charge in [0.25, 0.3) is 0 Å². The van der Waals surface area contributed by atoms with Crippen molar-refractivity contribution in [2.24, 2.45) is 0 Å². The van der Waals surface area contributed by atoms with Gasteiger partial charge in [0.15, 0.2) is 11.5 Å². The van der Waals surface area contributed by atoms with Gasteiger partial charge in [0.2, 0.25) is 0 Å². The molecule has 0 saturated carbocycles. The Morgan fingerprint density at radius 2 is 2.06 bits per heavy atom. The van der Waals surface area contributed by atoms with Gasteiger partial charge in [0.05, 0.1) is 32.6 Å². The summed E-state index contributed by atoms with van der Waals surface area (Å²) in [5.74, 6) is 0.912. The largest absolute Gasteiger partial charge is 0.493 e. The van der Waals surface area contributed by atoms with Crippen LogP contribution >= 0.6 is 0 Å². The molecule has 3 aromatic rings. The normalized spacial score (nSPS) is 15.4. The summed E-state index contributed by atoms with van der Waals surface area (Å²) in [7, 11) is 1.60. The zero-order chi connectivity index (χ0) is 22.3. The number of nitrogens with zero attached hydrogens (tertiary/aromatic N) is 2. The van der Waals surface area contributed by atoms with Crippen LogP contribution in [-0.4, -0.2) is 48.9 Å². The van der Waals surface area contributed by atoms with Gasteiger partial charge < -0.3 is 18.9 Å². The van der Waals surface area contributed by atoms with Crippen LogP contribution in [0.4, 0.5) is 14.9 Å². The number of methoxy groups -OCH3 is 1. The lowest BCUT2D eigenvalue weighted by molar-refractivity contribution is 0.138. The predicted octanol–water partition coefficient (Wildman–Crippen LogP) is 4.11. The minimum Gasteiger partial charge on any atom is -0.493 e. The summed E-state index contributed by atoms with van der Waals surface area (Å²) >= 11 is 0. The molecule has 1 atom stereocenters. The van der Waals surface area contributed by atoms with Gasteiger partial charge in [-0.3, -0.25) is 10.00 Å². The quantitative estimate of drug-likeness (QED) is 0.566. The van der Waals surface area contributed by atoms with Crippen molar-refractivity contribution in [3.63, 3.8) is 0 Å². The summed E-state index contributed by atoms with van der Waals surface area (Å²) in [6.07, 6.45) is 1.90. The van der Waals surface area contributed by atoms with Gasteiger partial charge in [-0.1, -0.05) is 0 Å². The second-order valence-corrected chi connectivity index (χ2v) is 7.18. The molecule has 1 fully saturated rings. The first-order valence-corrected chi connectivity index (χ1v) is 10.3. The van der Waals surface area contributed by atoms with Crippen molar-refractivity contribution in [2.45, 2.75) is 19.1 Å². The van der Waals surface area contributed by atoms with Crippen LogP contribution < -0.4 is 14.8 Å². The second kappa shape index (κ2) is 10.1. The van der Waals surface area contributed by atoms with Crippen LogP contribution in [0.25, 0.3) is 11.3 Å². The van der Waals surface area contributed by atoms with E-state index >= 15 is 0 Å². The molecule has 1 aliphatic rings. The van der Waals surface area contributed by atoms with Crippen LogP contribution in [0.3, 0.4) is 0 Å². The van der Waals surface area contributed by atoms with Crippen LogP contribution in [-0.2, 0) is 16.0 Å². The fourth-order valence-corrected chi connectivity index (χ4v) is 3.38. The van der Waals surface area contributed by atoms with E-state index < -0.39 is 6.09 Å². The van der Waals surface area contributed by atoms with Crippen molar-refractivity contribution in [2.75, 3.05) is 32.2 Å². The summed E-state index contributed by atoms with van der Waals surface area (Å²) in [6, 6.07) is 13.0. The molecular formula is C23H24FN3O5. The first-order chi connectivity index (χ1) is 15.6. The number of amides is 1. The molecule has 0 radical (unpaired) electrons. The number of rotatable bonds is 8. The number of benzene rings is 2. The maximum absolute atomic E-state index is 13.0. The summed E-state index contributed by atoms with van der Waals surface area (Å²) < 4.78 is 36.8. The zero-order valence-corrected chi connectivity index (χ0v) is 17.6. The number of aromatic nitrogens is 2. The van der Waals surface area contributed by atoms with Crippen LogP contribution in [0, 0.1) is 5.82 Å². The first-order valence-electron chi connectivity index (χ1n) is 10.3. The van der Waals surface area contributed by atoms with Gasteiger partial charge in [0, 0.05) is 23.9 Å². The third-order valence-electron chi connectivity index (χ3n) is 4.98. The van der Waals surface area contributed by atoms with Crippen molar-refractivity contribution in [3.05, 3.63) is 60.5 Å². The summed E-state index contributed by atoms with van der Waals surface area (Å²) in [6.45, 7) is 1.72. The van der Waals surface area contributed by atoms with E-state index in [9.17, 15) is 9.18 Å². The number of ether oxygens (including phenoxy) is 4.